The average molecular weight is 669 g/mol. The van der Waals surface area contributed by atoms with Crippen LogP contribution in [0.25, 0.3) is 0 Å². The molecule has 2 bridgehead atoms. The van der Waals surface area contributed by atoms with E-state index in [1.807, 2.05) is 7.05 Å². The van der Waals surface area contributed by atoms with Crippen molar-refractivity contribution in [2.24, 2.45) is 68.3 Å². The molecule has 12 atom stereocenters. The molecular weight excluding hydrogens is 604 g/mol. The van der Waals surface area contributed by atoms with Crippen molar-refractivity contribution < 1.29 is 19.4 Å². The van der Waals surface area contributed by atoms with Gasteiger partial charge in [-0.25, -0.2) is 0 Å². The quantitative estimate of drug-likeness (QED) is 0.249. The molecule has 4 N–H and O–H groups in total. The van der Waals surface area contributed by atoms with Crippen LogP contribution >= 0.6 is 0 Å². The van der Waals surface area contributed by atoms with Gasteiger partial charge in [0, 0.05) is 18.0 Å². The van der Waals surface area contributed by atoms with E-state index in [9.17, 15) is 9.90 Å². The number of carboxylic acids is 1. The molecule has 4 aliphatic carbocycles. The minimum Gasteiger partial charge on any atom is -0.481 e. The van der Waals surface area contributed by atoms with Crippen LogP contribution in [0.4, 0.5) is 5.95 Å². The first kappa shape index (κ1) is 35.8. The fourth-order valence-corrected chi connectivity index (χ4v) is 12.0. The van der Waals surface area contributed by atoms with Crippen LogP contribution in [0.3, 0.4) is 0 Å². The van der Waals surface area contributed by atoms with Gasteiger partial charge in [-0.15, -0.1) is 5.10 Å². The Labute approximate surface area is 288 Å². The van der Waals surface area contributed by atoms with Crippen molar-refractivity contribution in [3.63, 3.8) is 0 Å². The maximum atomic E-state index is 13.5. The van der Waals surface area contributed by atoms with Gasteiger partial charge in [-0.3, -0.25) is 4.79 Å². The topological polar surface area (TPSA) is 137 Å². The summed E-state index contributed by atoms with van der Waals surface area (Å²) in [4.78, 5) is 15.3. The highest BCUT2D eigenvalue weighted by atomic mass is 16.5. The van der Waals surface area contributed by atoms with Gasteiger partial charge >= 0.3 is 5.97 Å². The summed E-state index contributed by atoms with van der Waals surface area (Å²) in [6.45, 7) is 24.2. The molecule has 0 radical (unpaired) electrons. The van der Waals surface area contributed by atoms with Crippen LogP contribution in [0.15, 0.2) is 11.6 Å². The van der Waals surface area contributed by atoms with Crippen LogP contribution in [-0.4, -0.2) is 69.8 Å². The Morgan fingerprint density at radius 2 is 1.85 bits per heavy atom. The molecule has 2 heterocycles. The molecule has 3 saturated carbocycles. The summed E-state index contributed by atoms with van der Waals surface area (Å²) in [6, 6.07) is -0.151. The lowest BCUT2D eigenvalue weighted by atomic mass is 9.34. The van der Waals surface area contributed by atoms with Crippen LogP contribution in [0, 0.1) is 62.6 Å². The van der Waals surface area contributed by atoms with Gasteiger partial charge in [0.25, 0.3) is 5.95 Å². The number of nitrogens with zero attached hydrogens (tertiary/aromatic N) is 4. The van der Waals surface area contributed by atoms with E-state index in [0.29, 0.717) is 43.5 Å². The standard InChI is InChI=1S/C38H64N6O4/c1-22(2)24(5)34(7)16-17-35(8)25-12-13-28-33(6)18-27(44-42-32(40-11)41-43-44)30(48-20-37(10,39)23(3)4)38(28,21-47-19-33)26(25)14-15-36(35,9)29(34)31(45)46/h14,22-25,27-30H,12-13,15-21,39H2,1-11H3,(H,40,42)(H,45,46)/t24-,25+,27-,28-,29-,30+,33-,34-,35-,36+,37?,38+/m1/s1. The number of rotatable bonds is 9. The number of fused-ring (bicyclic) bond motifs is 3. The first-order valence-corrected chi connectivity index (χ1v) is 18.7. The number of allylic oxidation sites excluding steroid dienone is 1. The van der Waals surface area contributed by atoms with Crippen molar-refractivity contribution in [3.05, 3.63) is 11.6 Å². The van der Waals surface area contributed by atoms with Gasteiger partial charge < -0.3 is 25.6 Å². The first-order chi connectivity index (χ1) is 22.3. The lowest BCUT2D eigenvalue weighted by molar-refractivity contribution is -0.255. The van der Waals surface area contributed by atoms with Gasteiger partial charge in [-0.1, -0.05) is 79.1 Å². The number of aliphatic carboxylic acids is 1. The van der Waals surface area contributed by atoms with Gasteiger partial charge in [0.05, 0.1) is 31.8 Å². The molecular formula is C38H64N6O4. The zero-order chi connectivity index (χ0) is 35.2. The third kappa shape index (κ3) is 4.88. The van der Waals surface area contributed by atoms with Crippen molar-refractivity contribution in [1.82, 2.24) is 20.2 Å². The van der Waals surface area contributed by atoms with Crippen molar-refractivity contribution in [1.29, 1.82) is 0 Å². The molecule has 270 valence electrons. The number of ether oxygens (including phenoxy) is 2. The number of hydrogen-bond acceptors (Lipinski definition) is 8. The average Bonchev–Trinajstić information content (AvgIpc) is 3.49. The maximum Gasteiger partial charge on any atom is 0.307 e. The Morgan fingerprint density at radius 1 is 1.15 bits per heavy atom. The molecule has 1 saturated heterocycles. The predicted molar refractivity (Wildman–Crippen MR) is 187 cm³/mol. The second-order valence-electron chi connectivity index (χ2n) is 18.7. The van der Waals surface area contributed by atoms with Crippen molar-refractivity contribution in [2.75, 3.05) is 32.2 Å². The number of aromatic nitrogens is 4. The summed E-state index contributed by atoms with van der Waals surface area (Å²) in [7, 11) is 1.81. The second-order valence-corrected chi connectivity index (χ2v) is 18.7. The van der Waals surface area contributed by atoms with Crippen molar-refractivity contribution >= 4 is 11.9 Å². The first-order valence-electron chi connectivity index (χ1n) is 18.7. The summed E-state index contributed by atoms with van der Waals surface area (Å²) in [5.41, 5.74) is 6.43. The molecule has 0 amide bonds. The number of anilines is 1. The number of nitrogens with two attached hydrogens (primary N) is 1. The third-order valence-electron chi connectivity index (χ3n) is 15.9. The van der Waals surface area contributed by atoms with E-state index in [1.54, 1.807) is 4.80 Å². The number of carbonyl (C=O) groups is 1. The maximum absolute atomic E-state index is 13.5. The normalized spacial score (nSPS) is 44.2. The zero-order valence-corrected chi connectivity index (χ0v) is 31.6. The summed E-state index contributed by atoms with van der Waals surface area (Å²) in [5, 5.41) is 27.8. The summed E-state index contributed by atoms with van der Waals surface area (Å²) >= 11 is 0. The minimum atomic E-state index is -0.636. The van der Waals surface area contributed by atoms with Gasteiger partial charge in [0.1, 0.15) is 6.04 Å². The van der Waals surface area contributed by atoms with Crippen LogP contribution < -0.4 is 11.1 Å². The number of hydrogen-bond donors (Lipinski definition) is 3. The highest BCUT2D eigenvalue weighted by Gasteiger charge is 2.73. The van der Waals surface area contributed by atoms with E-state index in [0.717, 1.165) is 38.5 Å². The fraction of sp³-hybridized carbons (Fsp3) is 0.895. The SMILES string of the molecule is CNc1nnn([C@@H]2C[C@]3(C)COC[C@@]4(C5=CC[C@@]6(C)[C@H](C(=O)O)[C@@](C)([C@H](C)C(C)C)CC[C@]6(C)[C@H]5CC[C@H]34)[C@H]2OCC(C)(N)C(C)C)n1. The monoisotopic (exact) mass is 668 g/mol. The van der Waals surface area contributed by atoms with Gasteiger partial charge in [0.2, 0.25) is 0 Å². The largest absolute Gasteiger partial charge is 0.481 e. The summed E-state index contributed by atoms with van der Waals surface area (Å²) in [6.07, 6.45) is 7.83. The van der Waals surface area contributed by atoms with Crippen molar-refractivity contribution in [2.45, 2.75) is 125 Å². The van der Waals surface area contributed by atoms with Crippen LogP contribution in [0.1, 0.15) is 114 Å². The van der Waals surface area contributed by atoms with Crippen LogP contribution in [0.5, 0.6) is 0 Å². The molecule has 10 heteroatoms. The van der Waals surface area contributed by atoms with E-state index in [4.69, 9.17) is 20.3 Å². The zero-order valence-electron chi connectivity index (χ0n) is 31.6. The molecule has 5 aliphatic rings. The predicted octanol–water partition coefficient (Wildman–Crippen LogP) is 6.60. The molecule has 1 unspecified atom stereocenters. The highest BCUT2D eigenvalue weighted by Crippen LogP contribution is 2.75. The van der Waals surface area contributed by atoms with Gasteiger partial charge in [-0.05, 0) is 102 Å². The molecule has 4 fully saturated rings. The van der Waals surface area contributed by atoms with E-state index >= 15 is 0 Å². The smallest absolute Gasteiger partial charge is 0.307 e. The second kappa shape index (κ2) is 11.8. The Bertz CT molecular complexity index is 1430. The van der Waals surface area contributed by atoms with Crippen molar-refractivity contribution in [3.8, 4) is 0 Å². The number of carboxylic acid groups (broad SMARTS) is 1. The Balaban J connectivity index is 1.51. The highest BCUT2D eigenvalue weighted by molar-refractivity contribution is 5.73. The van der Waals surface area contributed by atoms with E-state index in [-0.39, 0.29) is 40.2 Å². The molecule has 1 aromatic heterocycles. The van der Waals surface area contributed by atoms with Crippen LogP contribution in [-0.2, 0) is 14.3 Å². The molecule has 48 heavy (non-hydrogen) atoms. The lowest BCUT2D eigenvalue weighted by Crippen LogP contribution is -2.70. The number of nitrogens with one attached hydrogen (secondary N) is 1. The summed E-state index contributed by atoms with van der Waals surface area (Å²) < 4.78 is 13.9. The molecule has 1 aliphatic heterocycles. The van der Waals surface area contributed by atoms with E-state index in [1.165, 1.54) is 5.57 Å². The van der Waals surface area contributed by atoms with E-state index < -0.39 is 28.3 Å². The molecule has 6 rings (SSSR count). The Morgan fingerprint density at radius 3 is 2.46 bits per heavy atom. The Kier molecular flexibility index (Phi) is 8.76. The fourth-order valence-electron chi connectivity index (χ4n) is 12.0. The molecule has 10 nitrogen and oxygen atoms in total. The number of tetrazole rings is 1. The molecule has 1 aromatic rings. The van der Waals surface area contributed by atoms with Gasteiger partial charge in [0.15, 0.2) is 0 Å². The molecule has 0 spiro atoms. The van der Waals surface area contributed by atoms with Crippen LogP contribution in [0.2, 0.25) is 0 Å². The van der Waals surface area contributed by atoms with Gasteiger partial charge in [-0.2, -0.15) is 4.80 Å². The summed E-state index contributed by atoms with van der Waals surface area (Å²) in [5.74, 6) is 0.953. The Hall–Kier alpha value is -2.04. The third-order valence-corrected chi connectivity index (χ3v) is 15.9. The molecule has 0 aromatic carbocycles. The van der Waals surface area contributed by atoms with E-state index in [2.05, 4.69) is 90.9 Å². The minimum absolute atomic E-state index is 0.102. The lowest BCUT2D eigenvalue weighted by Gasteiger charge is -2.71.